The highest BCUT2D eigenvalue weighted by atomic mass is 32.1. The molecule has 0 fully saturated rings. The van der Waals surface area contributed by atoms with Crippen LogP contribution in [0.25, 0.3) is 20.2 Å². The molecule has 2 aromatic heterocycles. The predicted octanol–water partition coefficient (Wildman–Crippen LogP) is 3.02. The van der Waals surface area contributed by atoms with Gasteiger partial charge in [0.15, 0.2) is 0 Å². The monoisotopic (exact) mass is 373 g/mol. The fraction of sp³-hybridized carbons (Fsp3) is 0.421. The Bertz CT molecular complexity index is 993. The first-order valence-corrected chi connectivity index (χ1v) is 9.57. The highest BCUT2D eigenvalue weighted by molar-refractivity contribution is 7.26. The summed E-state index contributed by atoms with van der Waals surface area (Å²) in [5.41, 5.74) is 0.563. The molecule has 1 amide bonds. The van der Waals surface area contributed by atoms with Gasteiger partial charge in [0.25, 0.3) is 5.56 Å². The van der Waals surface area contributed by atoms with Gasteiger partial charge in [0.2, 0.25) is 5.91 Å². The zero-order valence-electron chi connectivity index (χ0n) is 15.2. The van der Waals surface area contributed by atoms with E-state index in [0.29, 0.717) is 25.0 Å². The van der Waals surface area contributed by atoms with Crippen molar-refractivity contribution in [2.75, 3.05) is 20.3 Å². The number of rotatable bonds is 7. The Balaban J connectivity index is 2.03. The fourth-order valence-electron chi connectivity index (χ4n) is 3.11. The number of aryl methyl sites for hydroxylation is 1. The van der Waals surface area contributed by atoms with E-state index in [1.54, 1.807) is 18.4 Å². The third-order valence-electron chi connectivity index (χ3n) is 4.41. The zero-order chi connectivity index (χ0) is 18.7. The van der Waals surface area contributed by atoms with Crippen LogP contribution in [0.15, 0.2) is 29.1 Å². The number of aromatic nitrogens is 2. The molecule has 6 nitrogen and oxygen atoms in total. The fourth-order valence-corrected chi connectivity index (χ4v) is 4.24. The number of fused-ring (bicyclic) bond motifs is 3. The highest BCUT2D eigenvalue weighted by Gasteiger charge is 2.23. The molecule has 3 aromatic rings. The third kappa shape index (κ3) is 3.37. The average Bonchev–Trinajstić information content (AvgIpc) is 3.04. The number of nitrogens with zero attached hydrogens (tertiary/aromatic N) is 2. The Labute approximate surface area is 155 Å². The van der Waals surface area contributed by atoms with E-state index < -0.39 is 6.04 Å². The molecule has 1 unspecified atom stereocenters. The molecule has 0 radical (unpaired) electrons. The minimum atomic E-state index is -0.619. The second-order valence-electron chi connectivity index (χ2n) is 6.20. The number of hydrogen-bond donors (Lipinski definition) is 1. The Hall–Kier alpha value is -2.25. The van der Waals surface area contributed by atoms with Gasteiger partial charge < -0.3 is 10.1 Å². The molecule has 0 aliphatic carbocycles. The molecule has 138 valence electrons. The molecule has 0 saturated carbocycles. The van der Waals surface area contributed by atoms with E-state index in [2.05, 4.69) is 10.4 Å². The minimum Gasteiger partial charge on any atom is -0.385 e. The number of carbonyl (C=O) groups is 1. The van der Waals surface area contributed by atoms with Crippen molar-refractivity contribution in [1.29, 1.82) is 0 Å². The summed E-state index contributed by atoms with van der Waals surface area (Å²) in [5.74, 6) is -0.184. The topological polar surface area (TPSA) is 73.2 Å². The molecule has 0 aliphatic heterocycles. The SMILES string of the molecule is CCC(C(=O)NCCCOC)n1nc(C)c2sc3ccccc3c2c1=O. The van der Waals surface area contributed by atoms with Crippen LogP contribution in [0.2, 0.25) is 0 Å². The van der Waals surface area contributed by atoms with E-state index in [1.165, 1.54) is 4.68 Å². The van der Waals surface area contributed by atoms with E-state index >= 15 is 0 Å². The molecule has 2 heterocycles. The van der Waals surface area contributed by atoms with Crippen LogP contribution in [0.3, 0.4) is 0 Å². The summed E-state index contributed by atoms with van der Waals surface area (Å²) in [6.45, 7) is 4.87. The van der Waals surface area contributed by atoms with Gasteiger partial charge in [0.1, 0.15) is 6.04 Å². The van der Waals surface area contributed by atoms with Crippen molar-refractivity contribution in [3.05, 3.63) is 40.3 Å². The first-order chi connectivity index (χ1) is 12.6. The molecular formula is C19H23N3O3S. The summed E-state index contributed by atoms with van der Waals surface area (Å²) in [6.07, 6.45) is 1.23. The van der Waals surface area contributed by atoms with E-state index in [1.807, 2.05) is 38.1 Å². The normalized spacial score (nSPS) is 12.6. The Morgan fingerprint density at radius 2 is 2.15 bits per heavy atom. The number of ether oxygens (including phenoxy) is 1. The van der Waals surface area contributed by atoms with Gasteiger partial charge in [-0.05, 0) is 25.8 Å². The molecule has 1 aromatic carbocycles. The first kappa shape index (κ1) is 18.5. The van der Waals surface area contributed by atoms with E-state index in [4.69, 9.17) is 4.74 Å². The quantitative estimate of drug-likeness (QED) is 0.646. The molecule has 26 heavy (non-hydrogen) atoms. The van der Waals surface area contributed by atoms with Crippen molar-refractivity contribution < 1.29 is 9.53 Å². The summed E-state index contributed by atoms with van der Waals surface area (Å²) in [6, 6.07) is 7.22. The third-order valence-corrected chi connectivity index (χ3v) is 5.69. The molecular weight excluding hydrogens is 350 g/mol. The lowest BCUT2D eigenvalue weighted by molar-refractivity contribution is -0.124. The lowest BCUT2D eigenvalue weighted by Crippen LogP contribution is -2.39. The zero-order valence-corrected chi connectivity index (χ0v) is 16.1. The number of amides is 1. The van der Waals surface area contributed by atoms with Crippen LogP contribution in [0.4, 0.5) is 0 Å². The van der Waals surface area contributed by atoms with Crippen molar-refractivity contribution in [3.63, 3.8) is 0 Å². The summed E-state index contributed by atoms with van der Waals surface area (Å²) >= 11 is 1.57. The molecule has 3 rings (SSSR count). The van der Waals surface area contributed by atoms with Crippen molar-refractivity contribution in [3.8, 4) is 0 Å². The summed E-state index contributed by atoms with van der Waals surface area (Å²) < 4.78 is 8.29. The lowest BCUT2D eigenvalue weighted by Gasteiger charge is -2.17. The van der Waals surface area contributed by atoms with E-state index in [0.717, 1.165) is 26.9 Å². The molecule has 0 bridgehead atoms. The van der Waals surface area contributed by atoms with Crippen molar-refractivity contribution in [2.45, 2.75) is 32.7 Å². The van der Waals surface area contributed by atoms with Crippen LogP contribution in [0.1, 0.15) is 31.5 Å². The van der Waals surface area contributed by atoms with Crippen LogP contribution in [-0.2, 0) is 9.53 Å². The molecule has 1 N–H and O–H groups in total. The first-order valence-electron chi connectivity index (χ1n) is 8.75. The van der Waals surface area contributed by atoms with E-state index in [-0.39, 0.29) is 11.5 Å². The highest BCUT2D eigenvalue weighted by Crippen LogP contribution is 2.33. The number of benzene rings is 1. The number of methoxy groups -OCH3 is 1. The molecule has 0 aliphatic rings. The number of hydrogen-bond acceptors (Lipinski definition) is 5. The van der Waals surface area contributed by atoms with Gasteiger partial charge in [-0.25, -0.2) is 4.68 Å². The van der Waals surface area contributed by atoms with E-state index in [9.17, 15) is 9.59 Å². The number of carbonyl (C=O) groups excluding carboxylic acids is 1. The standard InChI is InChI=1S/C19H23N3O3S/c1-4-14(18(23)20-10-7-11-25-3)22-19(24)16-13-8-5-6-9-15(13)26-17(16)12(2)21-22/h5-6,8-9,14H,4,7,10-11H2,1-3H3,(H,20,23). The van der Waals surface area contributed by atoms with Gasteiger partial charge in [0, 0.05) is 30.3 Å². The van der Waals surface area contributed by atoms with Crippen LogP contribution < -0.4 is 10.9 Å². The van der Waals surface area contributed by atoms with Crippen molar-refractivity contribution in [1.82, 2.24) is 15.1 Å². The molecule has 1 atom stereocenters. The maximum atomic E-state index is 13.1. The minimum absolute atomic E-state index is 0.184. The smallest absolute Gasteiger partial charge is 0.276 e. The van der Waals surface area contributed by atoms with Gasteiger partial charge in [-0.15, -0.1) is 11.3 Å². The summed E-state index contributed by atoms with van der Waals surface area (Å²) in [5, 5.41) is 8.92. The Kier molecular flexibility index (Phi) is 5.68. The average molecular weight is 373 g/mol. The molecule has 0 saturated heterocycles. The van der Waals surface area contributed by atoms with Crippen LogP contribution in [-0.4, -0.2) is 35.9 Å². The molecule has 7 heteroatoms. The van der Waals surface area contributed by atoms with Gasteiger partial charge in [-0.3, -0.25) is 9.59 Å². The summed E-state index contributed by atoms with van der Waals surface area (Å²) in [4.78, 5) is 25.7. The largest absolute Gasteiger partial charge is 0.385 e. The number of thiophene rings is 1. The van der Waals surface area contributed by atoms with Crippen molar-refractivity contribution >= 4 is 37.4 Å². The van der Waals surface area contributed by atoms with Gasteiger partial charge in [0.05, 0.1) is 15.8 Å². The van der Waals surface area contributed by atoms with Crippen LogP contribution in [0.5, 0.6) is 0 Å². The van der Waals surface area contributed by atoms with Crippen LogP contribution in [0, 0.1) is 6.92 Å². The predicted molar refractivity (Wildman–Crippen MR) is 105 cm³/mol. The van der Waals surface area contributed by atoms with Gasteiger partial charge >= 0.3 is 0 Å². The summed E-state index contributed by atoms with van der Waals surface area (Å²) in [7, 11) is 1.63. The molecule has 0 spiro atoms. The van der Waals surface area contributed by atoms with Crippen LogP contribution >= 0.6 is 11.3 Å². The lowest BCUT2D eigenvalue weighted by atomic mass is 10.1. The van der Waals surface area contributed by atoms with Gasteiger partial charge in [-0.2, -0.15) is 5.10 Å². The maximum Gasteiger partial charge on any atom is 0.276 e. The Morgan fingerprint density at radius 1 is 1.38 bits per heavy atom. The second kappa shape index (κ2) is 7.97. The Morgan fingerprint density at radius 3 is 2.88 bits per heavy atom. The van der Waals surface area contributed by atoms with Gasteiger partial charge in [-0.1, -0.05) is 25.1 Å². The number of nitrogens with one attached hydrogen (secondary N) is 1. The maximum absolute atomic E-state index is 13.1. The second-order valence-corrected chi connectivity index (χ2v) is 7.25. The van der Waals surface area contributed by atoms with Crippen molar-refractivity contribution in [2.24, 2.45) is 0 Å².